The van der Waals surface area contributed by atoms with E-state index in [-0.39, 0.29) is 18.2 Å². The average Bonchev–Trinajstić information content (AvgIpc) is 3.28. The van der Waals surface area contributed by atoms with Crippen LogP contribution in [-0.4, -0.2) is 45.0 Å². The lowest BCUT2D eigenvalue weighted by Gasteiger charge is -2.26. The molecule has 0 bridgehead atoms. The summed E-state index contributed by atoms with van der Waals surface area (Å²) in [4.78, 5) is 15.8. The van der Waals surface area contributed by atoms with Gasteiger partial charge in [0.2, 0.25) is 0 Å². The van der Waals surface area contributed by atoms with Gasteiger partial charge in [0.25, 0.3) is 0 Å². The summed E-state index contributed by atoms with van der Waals surface area (Å²) in [5.41, 5.74) is 0. The summed E-state index contributed by atoms with van der Waals surface area (Å²) in [5.74, 6) is 0.733. The van der Waals surface area contributed by atoms with Gasteiger partial charge in [-0.2, -0.15) is 0 Å². The Hall–Kier alpha value is -1.93. The molecule has 130 valence electrons. The van der Waals surface area contributed by atoms with E-state index < -0.39 is 0 Å². The van der Waals surface area contributed by atoms with Crippen LogP contribution in [0, 0.1) is 0 Å². The van der Waals surface area contributed by atoms with Crippen molar-refractivity contribution in [2.45, 2.75) is 38.5 Å². The first kappa shape index (κ1) is 16.9. The largest absolute Gasteiger partial charge is 0.376 e. The van der Waals surface area contributed by atoms with E-state index >= 15 is 0 Å². The Kier molecular flexibility index (Phi) is 5.47. The van der Waals surface area contributed by atoms with E-state index in [4.69, 9.17) is 4.74 Å². The molecular formula is C16H23N5O2S. The van der Waals surface area contributed by atoms with Gasteiger partial charge in [-0.3, -0.25) is 0 Å². The molecule has 3 rings (SSSR count). The highest BCUT2D eigenvalue weighted by Gasteiger charge is 2.25. The van der Waals surface area contributed by atoms with Gasteiger partial charge >= 0.3 is 6.03 Å². The highest BCUT2D eigenvalue weighted by molar-refractivity contribution is 7.09. The zero-order chi connectivity index (χ0) is 16.9. The Morgan fingerprint density at radius 3 is 3.12 bits per heavy atom. The number of nitrogens with zero attached hydrogens (tertiary/aromatic N) is 4. The fraction of sp³-hybridized carbons (Fsp3) is 0.562. The summed E-state index contributed by atoms with van der Waals surface area (Å²) < 4.78 is 7.52. The molecule has 0 aromatic carbocycles. The number of aromatic nitrogens is 3. The number of carbonyl (C=O) groups excluding carboxylic acids is 1. The van der Waals surface area contributed by atoms with E-state index in [1.165, 1.54) is 0 Å². The first-order valence-electron chi connectivity index (χ1n) is 8.17. The Bertz CT molecular complexity index is 651. The van der Waals surface area contributed by atoms with Crippen molar-refractivity contribution in [3.8, 4) is 0 Å². The quantitative estimate of drug-likeness (QED) is 0.869. The maximum Gasteiger partial charge on any atom is 0.318 e. The van der Waals surface area contributed by atoms with Gasteiger partial charge in [0.05, 0.1) is 18.7 Å². The van der Waals surface area contributed by atoms with E-state index in [1.807, 2.05) is 41.0 Å². The topological polar surface area (TPSA) is 72.3 Å². The van der Waals surface area contributed by atoms with Gasteiger partial charge in [-0.05, 0) is 31.2 Å². The number of hydrogen-bond donors (Lipinski definition) is 1. The van der Waals surface area contributed by atoms with Crippen molar-refractivity contribution >= 4 is 17.4 Å². The second-order valence-corrected chi connectivity index (χ2v) is 7.10. The van der Waals surface area contributed by atoms with Crippen LogP contribution in [-0.2, 0) is 18.3 Å². The maximum absolute atomic E-state index is 12.8. The third-order valence-electron chi connectivity index (χ3n) is 4.14. The summed E-state index contributed by atoms with van der Waals surface area (Å²) >= 11 is 1.66. The molecule has 1 aliphatic heterocycles. The molecule has 0 spiro atoms. The number of hydrogen-bond acceptors (Lipinski definition) is 5. The zero-order valence-corrected chi connectivity index (χ0v) is 14.8. The van der Waals surface area contributed by atoms with E-state index in [0.29, 0.717) is 13.1 Å². The van der Waals surface area contributed by atoms with Crippen LogP contribution in [0.1, 0.15) is 36.5 Å². The smallest absolute Gasteiger partial charge is 0.318 e. The number of amides is 2. The van der Waals surface area contributed by atoms with Crippen LogP contribution in [0.4, 0.5) is 4.79 Å². The summed E-state index contributed by atoms with van der Waals surface area (Å²) in [6.07, 6.45) is 3.83. The molecule has 24 heavy (non-hydrogen) atoms. The average molecular weight is 349 g/mol. The van der Waals surface area contributed by atoms with Crippen LogP contribution in [0.25, 0.3) is 0 Å². The van der Waals surface area contributed by atoms with Crippen molar-refractivity contribution in [3.63, 3.8) is 0 Å². The van der Waals surface area contributed by atoms with Gasteiger partial charge in [0, 0.05) is 25.1 Å². The van der Waals surface area contributed by atoms with Crippen LogP contribution >= 0.6 is 11.3 Å². The molecule has 7 nitrogen and oxygen atoms in total. The van der Waals surface area contributed by atoms with Gasteiger partial charge in [-0.25, -0.2) is 4.79 Å². The summed E-state index contributed by atoms with van der Waals surface area (Å²) in [6.45, 7) is 3.90. The van der Waals surface area contributed by atoms with Crippen LogP contribution in [0.5, 0.6) is 0 Å². The minimum Gasteiger partial charge on any atom is -0.376 e. The molecular weight excluding hydrogens is 326 g/mol. The van der Waals surface area contributed by atoms with Crippen molar-refractivity contribution in [3.05, 3.63) is 34.5 Å². The van der Waals surface area contributed by atoms with Gasteiger partial charge in [-0.1, -0.05) is 6.07 Å². The number of ether oxygens (including phenoxy) is 1. The molecule has 3 heterocycles. The molecule has 2 aromatic rings. The second kappa shape index (κ2) is 7.76. The lowest BCUT2D eigenvalue weighted by atomic mass is 10.2. The standard InChI is InChI=1S/C16H23N5O2S/c1-12(15-19-17-11-20(15)2)18-16(22)21(9-13-5-3-7-23-13)10-14-6-4-8-24-14/h4,6,8,11-13H,3,5,7,9-10H2,1-2H3,(H,18,22)/t12-,13-/m1/s1. The van der Waals surface area contributed by atoms with Gasteiger partial charge in [0.15, 0.2) is 5.82 Å². The third-order valence-corrected chi connectivity index (χ3v) is 5.00. The van der Waals surface area contributed by atoms with Crippen molar-refractivity contribution in [2.75, 3.05) is 13.2 Å². The molecule has 2 atom stereocenters. The lowest BCUT2D eigenvalue weighted by Crippen LogP contribution is -2.44. The van der Waals surface area contributed by atoms with E-state index in [1.54, 1.807) is 17.7 Å². The predicted octanol–water partition coefficient (Wildman–Crippen LogP) is 2.33. The molecule has 1 aliphatic rings. The molecule has 0 saturated carbocycles. The minimum atomic E-state index is -0.208. The molecule has 1 N–H and O–H groups in total. The van der Waals surface area contributed by atoms with Crippen LogP contribution < -0.4 is 5.32 Å². The molecule has 0 unspecified atom stereocenters. The number of aryl methyl sites for hydroxylation is 1. The van der Waals surface area contributed by atoms with Crippen molar-refractivity contribution in [1.82, 2.24) is 25.0 Å². The monoisotopic (exact) mass is 349 g/mol. The molecule has 8 heteroatoms. The summed E-state index contributed by atoms with van der Waals surface area (Å²) in [7, 11) is 1.87. The fourth-order valence-electron chi connectivity index (χ4n) is 2.87. The second-order valence-electron chi connectivity index (χ2n) is 6.07. The van der Waals surface area contributed by atoms with Crippen molar-refractivity contribution in [2.24, 2.45) is 7.05 Å². The molecule has 1 saturated heterocycles. The number of nitrogens with one attached hydrogen (secondary N) is 1. The molecule has 0 aliphatic carbocycles. The molecule has 2 amide bonds. The van der Waals surface area contributed by atoms with Crippen LogP contribution in [0.2, 0.25) is 0 Å². The molecule has 1 fully saturated rings. The van der Waals surface area contributed by atoms with Gasteiger partial charge in [-0.15, -0.1) is 21.5 Å². The molecule has 2 aromatic heterocycles. The zero-order valence-electron chi connectivity index (χ0n) is 14.0. The Morgan fingerprint density at radius 2 is 2.50 bits per heavy atom. The van der Waals surface area contributed by atoms with Gasteiger partial charge < -0.3 is 19.5 Å². The number of carbonyl (C=O) groups is 1. The van der Waals surface area contributed by atoms with Gasteiger partial charge in [0.1, 0.15) is 6.33 Å². The minimum absolute atomic E-state index is 0.102. The van der Waals surface area contributed by atoms with E-state index in [0.717, 1.165) is 30.2 Å². The molecule has 0 radical (unpaired) electrons. The highest BCUT2D eigenvalue weighted by Crippen LogP contribution is 2.18. The maximum atomic E-state index is 12.8. The van der Waals surface area contributed by atoms with E-state index in [2.05, 4.69) is 15.5 Å². The Morgan fingerprint density at radius 1 is 1.62 bits per heavy atom. The van der Waals surface area contributed by atoms with Crippen LogP contribution in [0.3, 0.4) is 0 Å². The van der Waals surface area contributed by atoms with E-state index in [9.17, 15) is 4.79 Å². The highest BCUT2D eigenvalue weighted by atomic mass is 32.1. The normalized spacial score (nSPS) is 18.5. The van der Waals surface area contributed by atoms with Crippen LogP contribution in [0.15, 0.2) is 23.8 Å². The fourth-order valence-corrected chi connectivity index (χ4v) is 3.59. The third kappa shape index (κ3) is 4.12. The Labute approximate surface area is 145 Å². The number of rotatable bonds is 6. The predicted molar refractivity (Wildman–Crippen MR) is 91.7 cm³/mol. The Balaban J connectivity index is 1.66. The summed E-state index contributed by atoms with van der Waals surface area (Å²) in [6, 6.07) is 3.74. The SMILES string of the molecule is C[C@@H](NC(=O)N(Cc1cccs1)C[C@H]1CCCO1)c1nncn1C. The van der Waals surface area contributed by atoms with Crippen molar-refractivity contribution < 1.29 is 9.53 Å². The lowest BCUT2D eigenvalue weighted by molar-refractivity contribution is 0.0791. The number of thiophene rings is 1. The first-order valence-corrected chi connectivity index (χ1v) is 9.04. The summed E-state index contributed by atoms with van der Waals surface area (Å²) in [5, 5.41) is 13.0. The first-order chi connectivity index (χ1) is 11.6. The number of urea groups is 1. The van der Waals surface area contributed by atoms with Crippen molar-refractivity contribution in [1.29, 1.82) is 0 Å².